The van der Waals surface area contributed by atoms with Gasteiger partial charge in [-0.15, -0.1) is 0 Å². The molecule has 0 aliphatic rings. The van der Waals surface area contributed by atoms with Crippen LogP contribution in [0.4, 0.5) is 0 Å². The molecule has 2 aromatic rings. The molecule has 0 amide bonds. The van der Waals surface area contributed by atoms with E-state index < -0.39 is 0 Å². The quantitative estimate of drug-likeness (QED) is 0.776. The van der Waals surface area contributed by atoms with Crippen LogP contribution in [0, 0.1) is 12.3 Å². The van der Waals surface area contributed by atoms with E-state index in [9.17, 15) is 0 Å². The fourth-order valence-electron chi connectivity index (χ4n) is 2.25. The van der Waals surface area contributed by atoms with Crippen molar-refractivity contribution in [2.45, 2.75) is 33.7 Å². The summed E-state index contributed by atoms with van der Waals surface area (Å²) < 4.78 is 0. The Hall–Kier alpha value is -1.34. The van der Waals surface area contributed by atoms with Gasteiger partial charge in [0.15, 0.2) is 0 Å². The normalized spacial score (nSPS) is 13.9. The van der Waals surface area contributed by atoms with E-state index in [1.54, 1.807) is 0 Å². The van der Waals surface area contributed by atoms with Crippen molar-refractivity contribution >= 4 is 10.8 Å². The zero-order valence-corrected chi connectivity index (χ0v) is 11.1. The molecule has 17 heavy (non-hydrogen) atoms. The third-order valence-electron chi connectivity index (χ3n) is 3.43. The largest absolute Gasteiger partial charge is 0.323 e. The van der Waals surface area contributed by atoms with Crippen LogP contribution < -0.4 is 5.73 Å². The molecule has 0 radical (unpaired) electrons. The molecule has 2 rings (SSSR count). The minimum atomic E-state index is 0.0635. The second-order valence-electron chi connectivity index (χ2n) is 5.86. The maximum atomic E-state index is 6.44. The van der Waals surface area contributed by atoms with E-state index in [-0.39, 0.29) is 11.5 Å². The molecule has 0 saturated carbocycles. The summed E-state index contributed by atoms with van der Waals surface area (Å²) >= 11 is 0. The molecule has 1 unspecified atom stereocenters. The van der Waals surface area contributed by atoms with Crippen molar-refractivity contribution in [3.8, 4) is 0 Å². The Kier molecular flexibility index (Phi) is 2.96. The lowest BCUT2D eigenvalue weighted by Gasteiger charge is -2.29. The molecule has 0 aliphatic heterocycles. The van der Waals surface area contributed by atoms with Crippen molar-refractivity contribution in [3.05, 3.63) is 47.5 Å². The van der Waals surface area contributed by atoms with Crippen LogP contribution in [-0.4, -0.2) is 0 Å². The van der Waals surface area contributed by atoms with E-state index in [4.69, 9.17) is 5.73 Å². The van der Waals surface area contributed by atoms with Gasteiger partial charge in [-0.3, -0.25) is 0 Å². The minimum Gasteiger partial charge on any atom is -0.323 e. The van der Waals surface area contributed by atoms with Crippen LogP contribution in [0.1, 0.15) is 37.9 Å². The smallest absolute Gasteiger partial charge is 0.0352 e. The van der Waals surface area contributed by atoms with Crippen molar-refractivity contribution in [2.24, 2.45) is 11.1 Å². The fourth-order valence-corrected chi connectivity index (χ4v) is 2.25. The second kappa shape index (κ2) is 4.15. The number of rotatable bonds is 1. The maximum Gasteiger partial charge on any atom is 0.0352 e. The lowest BCUT2D eigenvalue weighted by atomic mass is 9.79. The number of nitrogens with two attached hydrogens (primary N) is 1. The zero-order valence-electron chi connectivity index (χ0n) is 11.1. The summed E-state index contributed by atoms with van der Waals surface area (Å²) in [4.78, 5) is 0. The van der Waals surface area contributed by atoms with Crippen LogP contribution in [-0.2, 0) is 0 Å². The van der Waals surface area contributed by atoms with Gasteiger partial charge < -0.3 is 5.73 Å². The average Bonchev–Trinajstić information content (AvgIpc) is 2.27. The van der Waals surface area contributed by atoms with E-state index in [1.807, 2.05) is 0 Å². The molecule has 90 valence electrons. The molecular formula is C16H21N. The fraction of sp³-hybridized carbons (Fsp3) is 0.375. The molecular weight excluding hydrogens is 206 g/mol. The van der Waals surface area contributed by atoms with Crippen molar-refractivity contribution in [2.75, 3.05) is 0 Å². The maximum absolute atomic E-state index is 6.44. The molecule has 0 bridgehead atoms. The molecule has 0 aliphatic carbocycles. The van der Waals surface area contributed by atoms with Crippen LogP contribution in [0.25, 0.3) is 10.8 Å². The molecule has 1 heteroatoms. The predicted octanol–water partition coefficient (Wildman–Crippen LogP) is 4.19. The molecule has 2 aromatic carbocycles. The van der Waals surface area contributed by atoms with Crippen LogP contribution in [0.15, 0.2) is 36.4 Å². The monoisotopic (exact) mass is 227 g/mol. The Morgan fingerprint density at radius 1 is 1.00 bits per heavy atom. The molecule has 2 N–H and O–H groups in total. The van der Waals surface area contributed by atoms with E-state index in [1.165, 1.54) is 21.9 Å². The Bertz CT molecular complexity index is 535. The van der Waals surface area contributed by atoms with Gasteiger partial charge in [0, 0.05) is 6.04 Å². The van der Waals surface area contributed by atoms with Gasteiger partial charge in [-0.05, 0) is 34.2 Å². The SMILES string of the molecule is Cc1ccc2ccccc2c1C(N)C(C)(C)C. The number of hydrogen-bond acceptors (Lipinski definition) is 1. The van der Waals surface area contributed by atoms with Gasteiger partial charge in [0.25, 0.3) is 0 Å². The summed E-state index contributed by atoms with van der Waals surface area (Å²) in [5, 5.41) is 2.56. The van der Waals surface area contributed by atoms with Gasteiger partial charge in [-0.1, -0.05) is 57.2 Å². The molecule has 0 saturated heterocycles. The highest BCUT2D eigenvalue weighted by Gasteiger charge is 2.25. The number of hydrogen-bond donors (Lipinski definition) is 1. The van der Waals surface area contributed by atoms with Gasteiger partial charge in [0.05, 0.1) is 0 Å². The summed E-state index contributed by atoms with van der Waals surface area (Å²) in [6.45, 7) is 8.73. The lowest BCUT2D eigenvalue weighted by Crippen LogP contribution is -2.27. The predicted molar refractivity (Wildman–Crippen MR) is 75.1 cm³/mol. The summed E-state index contributed by atoms with van der Waals surface area (Å²) in [7, 11) is 0. The molecule has 1 nitrogen and oxygen atoms in total. The summed E-state index contributed by atoms with van der Waals surface area (Å²) in [5.41, 5.74) is 9.09. The Labute approximate surface area is 104 Å². The first-order valence-corrected chi connectivity index (χ1v) is 6.15. The highest BCUT2D eigenvalue weighted by atomic mass is 14.7. The summed E-state index contributed by atoms with van der Waals surface area (Å²) in [5.74, 6) is 0. The van der Waals surface area contributed by atoms with Gasteiger partial charge in [0.2, 0.25) is 0 Å². The van der Waals surface area contributed by atoms with E-state index >= 15 is 0 Å². The molecule has 0 spiro atoms. The van der Waals surface area contributed by atoms with Crippen LogP contribution >= 0.6 is 0 Å². The first-order chi connectivity index (χ1) is 7.91. The van der Waals surface area contributed by atoms with E-state index in [2.05, 4.69) is 64.1 Å². The average molecular weight is 227 g/mol. The molecule has 0 aromatic heterocycles. The second-order valence-corrected chi connectivity index (χ2v) is 5.86. The first kappa shape index (κ1) is 12.1. The minimum absolute atomic E-state index is 0.0635. The summed E-state index contributed by atoms with van der Waals surface area (Å²) in [6, 6.07) is 12.9. The van der Waals surface area contributed by atoms with Crippen LogP contribution in [0.3, 0.4) is 0 Å². The molecule has 1 atom stereocenters. The van der Waals surface area contributed by atoms with Crippen molar-refractivity contribution in [1.29, 1.82) is 0 Å². The molecule has 0 heterocycles. The molecule has 0 fully saturated rings. The zero-order chi connectivity index (χ0) is 12.6. The lowest BCUT2D eigenvalue weighted by molar-refractivity contribution is 0.327. The highest BCUT2D eigenvalue weighted by Crippen LogP contribution is 2.36. The highest BCUT2D eigenvalue weighted by molar-refractivity contribution is 5.87. The van der Waals surface area contributed by atoms with Gasteiger partial charge >= 0.3 is 0 Å². The topological polar surface area (TPSA) is 26.0 Å². The van der Waals surface area contributed by atoms with E-state index in [0.717, 1.165) is 0 Å². The third-order valence-corrected chi connectivity index (χ3v) is 3.43. The number of benzene rings is 2. The summed E-state index contributed by atoms with van der Waals surface area (Å²) in [6.07, 6.45) is 0. The third kappa shape index (κ3) is 2.20. The van der Waals surface area contributed by atoms with Gasteiger partial charge in [-0.25, -0.2) is 0 Å². The Balaban J connectivity index is 2.71. The number of aryl methyl sites for hydroxylation is 1. The van der Waals surface area contributed by atoms with Gasteiger partial charge in [-0.2, -0.15) is 0 Å². The number of fused-ring (bicyclic) bond motifs is 1. The van der Waals surface area contributed by atoms with Crippen molar-refractivity contribution in [1.82, 2.24) is 0 Å². The van der Waals surface area contributed by atoms with E-state index in [0.29, 0.717) is 0 Å². The van der Waals surface area contributed by atoms with Crippen molar-refractivity contribution < 1.29 is 0 Å². The first-order valence-electron chi connectivity index (χ1n) is 6.15. The van der Waals surface area contributed by atoms with Crippen LogP contribution in [0.2, 0.25) is 0 Å². The Morgan fingerprint density at radius 3 is 2.29 bits per heavy atom. The Morgan fingerprint density at radius 2 is 1.65 bits per heavy atom. The van der Waals surface area contributed by atoms with Crippen LogP contribution in [0.5, 0.6) is 0 Å². The standard InChI is InChI=1S/C16H21N/c1-11-9-10-12-7-5-6-8-13(12)14(11)15(17)16(2,3)4/h5-10,15H,17H2,1-4H3. The van der Waals surface area contributed by atoms with Crippen molar-refractivity contribution in [3.63, 3.8) is 0 Å². The van der Waals surface area contributed by atoms with Gasteiger partial charge in [0.1, 0.15) is 0 Å².